The first kappa shape index (κ1) is 13.2. The van der Waals surface area contributed by atoms with Crippen molar-refractivity contribution in [3.8, 4) is 11.5 Å². The molecule has 0 bridgehead atoms. The van der Waals surface area contributed by atoms with Crippen molar-refractivity contribution in [1.29, 1.82) is 0 Å². The molecule has 1 aromatic carbocycles. The highest BCUT2D eigenvalue weighted by Gasteiger charge is 2.17. The minimum absolute atomic E-state index is 0.105. The van der Waals surface area contributed by atoms with Crippen LogP contribution in [0.25, 0.3) is 0 Å². The number of hydrogen-bond donors (Lipinski definition) is 1. The summed E-state index contributed by atoms with van der Waals surface area (Å²) in [5.41, 5.74) is 1.13. The van der Waals surface area contributed by atoms with Gasteiger partial charge in [0.1, 0.15) is 0 Å². The smallest absolute Gasteiger partial charge is 0.161 e. The molecule has 4 nitrogen and oxygen atoms in total. The number of ether oxygens (including phenoxy) is 3. The lowest BCUT2D eigenvalue weighted by atomic mass is 10.1. The van der Waals surface area contributed by atoms with Crippen molar-refractivity contribution in [3.63, 3.8) is 0 Å². The van der Waals surface area contributed by atoms with E-state index in [9.17, 15) is 0 Å². The summed E-state index contributed by atoms with van der Waals surface area (Å²) < 4.78 is 16.9. The highest BCUT2D eigenvalue weighted by Crippen LogP contribution is 2.32. The average molecular weight is 251 g/mol. The van der Waals surface area contributed by atoms with Gasteiger partial charge in [-0.3, -0.25) is 0 Å². The monoisotopic (exact) mass is 251 g/mol. The van der Waals surface area contributed by atoms with Crippen LogP contribution in [-0.2, 0) is 4.74 Å². The Morgan fingerprint density at radius 3 is 2.67 bits per heavy atom. The second kappa shape index (κ2) is 6.61. The van der Waals surface area contributed by atoms with E-state index in [1.54, 1.807) is 0 Å². The lowest BCUT2D eigenvalue weighted by Crippen LogP contribution is -2.33. The van der Waals surface area contributed by atoms with Crippen molar-refractivity contribution < 1.29 is 14.2 Å². The summed E-state index contributed by atoms with van der Waals surface area (Å²) in [5, 5.41) is 3.33. The third kappa shape index (κ3) is 3.15. The van der Waals surface area contributed by atoms with E-state index in [0.29, 0.717) is 13.2 Å². The molecule has 1 fully saturated rings. The fourth-order valence-electron chi connectivity index (χ4n) is 2.05. The van der Waals surface area contributed by atoms with Gasteiger partial charge in [0, 0.05) is 13.1 Å². The molecule has 0 spiro atoms. The normalized spacial score (nSPS) is 19.6. The average Bonchev–Trinajstić information content (AvgIpc) is 2.42. The van der Waals surface area contributed by atoms with Crippen molar-refractivity contribution in [1.82, 2.24) is 5.32 Å². The van der Waals surface area contributed by atoms with Gasteiger partial charge in [-0.05, 0) is 31.5 Å². The number of nitrogens with one attached hydrogen (secondary N) is 1. The van der Waals surface area contributed by atoms with Crippen molar-refractivity contribution >= 4 is 0 Å². The molecule has 2 rings (SSSR count). The van der Waals surface area contributed by atoms with E-state index >= 15 is 0 Å². The fraction of sp³-hybridized carbons (Fsp3) is 0.571. The minimum Gasteiger partial charge on any atom is -0.490 e. The van der Waals surface area contributed by atoms with E-state index in [1.165, 1.54) is 0 Å². The van der Waals surface area contributed by atoms with Gasteiger partial charge in [0.2, 0.25) is 0 Å². The first-order valence-corrected chi connectivity index (χ1v) is 6.57. The maximum absolute atomic E-state index is 5.74. The molecule has 100 valence electrons. The Bertz CT molecular complexity index is 375. The Labute approximate surface area is 108 Å². The third-order valence-corrected chi connectivity index (χ3v) is 2.87. The number of rotatable bonds is 5. The first-order valence-electron chi connectivity index (χ1n) is 6.57. The molecule has 4 heteroatoms. The molecule has 1 saturated heterocycles. The van der Waals surface area contributed by atoms with E-state index in [4.69, 9.17) is 14.2 Å². The molecule has 0 saturated carbocycles. The van der Waals surface area contributed by atoms with E-state index in [2.05, 4.69) is 5.32 Å². The van der Waals surface area contributed by atoms with Crippen LogP contribution in [0, 0.1) is 0 Å². The van der Waals surface area contributed by atoms with Gasteiger partial charge in [0.05, 0.1) is 25.9 Å². The zero-order valence-corrected chi connectivity index (χ0v) is 11.1. The highest BCUT2D eigenvalue weighted by molar-refractivity contribution is 5.43. The van der Waals surface area contributed by atoms with Gasteiger partial charge < -0.3 is 19.5 Å². The summed E-state index contributed by atoms with van der Waals surface area (Å²) in [6.45, 7) is 7.74. The van der Waals surface area contributed by atoms with Gasteiger partial charge in [-0.25, -0.2) is 0 Å². The zero-order valence-electron chi connectivity index (χ0n) is 11.1. The molecule has 1 unspecified atom stereocenters. The van der Waals surface area contributed by atoms with Crippen LogP contribution in [0.2, 0.25) is 0 Å². The maximum atomic E-state index is 5.74. The van der Waals surface area contributed by atoms with Crippen LogP contribution in [-0.4, -0.2) is 32.9 Å². The van der Waals surface area contributed by atoms with Crippen LogP contribution >= 0.6 is 0 Å². The van der Waals surface area contributed by atoms with Gasteiger partial charge in [-0.15, -0.1) is 0 Å². The number of benzene rings is 1. The molecule has 0 aromatic heterocycles. The highest BCUT2D eigenvalue weighted by atomic mass is 16.5. The predicted octanol–water partition coefficient (Wildman–Crippen LogP) is 2.14. The first-order chi connectivity index (χ1) is 8.85. The van der Waals surface area contributed by atoms with Crippen molar-refractivity contribution in [2.75, 3.05) is 32.9 Å². The molecule has 1 N–H and O–H groups in total. The van der Waals surface area contributed by atoms with Crippen LogP contribution in [0.5, 0.6) is 11.5 Å². The molecule has 18 heavy (non-hydrogen) atoms. The molecule has 1 atom stereocenters. The van der Waals surface area contributed by atoms with Gasteiger partial charge >= 0.3 is 0 Å². The number of hydrogen-bond acceptors (Lipinski definition) is 4. The quantitative estimate of drug-likeness (QED) is 0.870. The van der Waals surface area contributed by atoms with Gasteiger partial charge in [0.25, 0.3) is 0 Å². The lowest BCUT2D eigenvalue weighted by molar-refractivity contribution is 0.0275. The van der Waals surface area contributed by atoms with Crippen LogP contribution in [0.15, 0.2) is 18.2 Å². The molecular weight excluding hydrogens is 230 g/mol. The topological polar surface area (TPSA) is 39.7 Å². The summed E-state index contributed by atoms with van der Waals surface area (Å²) in [5.74, 6) is 1.60. The Hall–Kier alpha value is -1.26. The largest absolute Gasteiger partial charge is 0.490 e. The van der Waals surface area contributed by atoms with Crippen LogP contribution < -0.4 is 14.8 Å². The predicted molar refractivity (Wildman–Crippen MR) is 70.3 cm³/mol. The summed E-state index contributed by atoms with van der Waals surface area (Å²) in [6, 6.07) is 6.03. The molecule has 0 radical (unpaired) electrons. The molecule has 0 aliphatic carbocycles. The zero-order chi connectivity index (χ0) is 12.8. The summed E-state index contributed by atoms with van der Waals surface area (Å²) in [7, 11) is 0. The van der Waals surface area contributed by atoms with Crippen molar-refractivity contribution in [3.05, 3.63) is 23.8 Å². The third-order valence-electron chi connectivity index (χ3n) is 2.87. The molecule has 0 amide bonds. The van der Waals surface area contributed by atoms with E-state index < -0.39 is 0 Å². The summed E-state index contributed by atoms with van der Waals surface area (Å²) >= 11 is 0. The summed E-state index contributed by atoms with van der Waals surface area (Å²) in [4.78, 5) is 0. The minimum atomic E-state index is 0.105. The maximum Gasteiger partial charge on any atom is 0.161 e. The van der Waals surface area contributed by atoms with Gasteiger partial charge in [-0.1, -0.05) is 6.07 Å². The van der Waals surface area contributed by atoms with Gasteiger partial charge in [-0.2, -0.15) is 0 Å². The molecule has 1 heterocycles. The Morgan fingerprint density at radius 2 is 2.00 bits per heavy atom. The molecule has 1 aromatic rings. The van der Waals surface area contributed by atoms with Crippen LogP contribution in [0.3, 0.4) is 0 Å². The van der Waals surface area contributed by atoms with Crippen LogP contribution in [0.1, 0.15) is 25.5 Å². The van der Waals surface area contributed by atoms with Crippen molar-refractivity contribution in [2.24, 2.45) is 0 Å². The van der Waals surface area contributed by atoms with Crippen LogP contribution in [0.4, 0.5) is 0 Å². The van der Waals surface area contributed by atoms with E-state index in [0.717, 1.165) is 36.8 Å². The Balaban J connectivity index is 2.18. The molecule has 1 aliphatic rings. The number of morpholine rings is 1. The van der Waals surface area contributed by atoms with Crippen molar-refractivity contribution in [2.45, 2.75) is 20.0 Å². The Morgan fingerprint density at radius 1 is 1.22 bits per heavy atom. The fourth-order valence-corrected chi connectivity index (χ4v) is 2.05. The Kier molecular flexibility index (Phi) is 4.84. The summed E-state index contributed by atoms with van der Waals surface area (Å²) in [6.07, 6.45) is 0.105. The second-order valence-corrected chi connectivity index (χ2v) is 4.14. The van der Waals surface area contributed by atoms with Gasteiger partial charge in [0.15, 0.2) is 11.5 Å². The second-order valence-electron chi connectivity index (χ2n) is 4.14. The standard InChI is InChI=1S/C14H21NO3/c1-3-16-12-6-5-11(9-13(12)17-4-2)14-10-15-7-8-18-14/h5-6,9,14-15H,3-4,7-8,10H2,1-2H3. The molecule has 1 aliphatic heterocycles. The van der Waals surface area contributed by atoms with E-state index in [1.807, 2.05) is 32.0 Å². The molecular formula is C14H21NO3. The lowest BCUT2D eigenvalue weighted by Gasteiger charge is -2.24. The SMILES string of the molecule is CCOc1ccc(C2CNCCO2)cc1OCC. The van der Waals surface area contributed by atoms with E-state index in [-0.39, 0.29) is 6.10 Å².